The lowest BCUT2D eigenvalue weighted by Gasteiger charge is -2.32. The van der Waals surface area contributed by atoms with Gasteiger partial charge in [-0.25, -0.2) is 8.42 Å². The minimum Gasteiger partial charge on any atom is -0.340 e. The Morgan fingerprint density at radius 1 is 1.32 bits per heavy atom. The summed E-state index contributed by atoms with van der Waals surface area (Å²) in [5, 5.41) is 3.86. The molecule has 1 aliphatic rings. The van der Waals surface area contributed by atoms with E-state index in [-0.39, 0.29) is 0 Å². The summed E-state index contributed by atoms with van der Waals surface area (Å²) in [6.45, 7) is 4.45. The van der Waals surface area contributed by atoms with Crippen LogP contribution in [-0.2, 0) is 16.6 Å². The number of sulfonamides is 1. The van der Waals surface area contributed by atoms with Gasteiger partial charge in [0.2, 0.25) is 5.89 Å². The Morgan fingerprint density at radius 2 is 2.05 bits per heavy atom. The minimum absolute atomic E-state index is 0.291. The van der Waals surface area contributed by atoms with Crippen molar-refractivity contribution in [2.75, 3.05) is 26.2 Å². The Hall–Kier alpha value is -1.00. The van der Waals surface area contributed by atoms with Crippen LogP contribution >= 0.6 is 22.9 Å². The van der Waals surface area contributed by atoms with Crippen molar-refractivity contribution in [3.8, 4) is 0 Å². The first kappa shape index (κ1) is 15.9. The van der Waals surface area contributed by atoms with Gasteiger partial charge in [-0.2, -0.15) is 9.29 Å². The van der Waals surface area contributed by atoms with E-state index in [2.05, 4.69) is 15.0 Å². The molecular formula is C12H15ClN4O3S2. The fourth-order valence-electron chi connectivity index (χ4n) is 2.30. The van der Waals surface area contributed by atoms with Crippen molar-refractivity contribution in [3.63, 3.8) is 0 Å². The number of piperazine rings is 1. The first-order valence-electron chi connectivity index (χ1n) is 6.72. The van der Waals surface area contributed by atoms with Crippen LogP contribution in [0.3, 0.4) is 0 Å². The highest BCUT2D eigenvalue weighted by atomic mass is 35.5. The molecule has 0 aliphatic carbocycles. The summed E-state index contributed by atoms with van der Waals surface area (Å²) >= 11 is 6.91. The molecule has 1 aliphatic heterocycles. The standard InChI is InChI=1S/C12H15ClN4O3S2/c1-9-14-11(15-20-9)8-16-4-6-17(7-5-16)22(18,19)12-3-2-10(13)21-12/h2-3H,4-8H2,1H3. The molecule has 0 unspecified atom stereocenters. The number of aromatic nitrogens is 2. The van der Waals surface area contributed by atoms with Gasteiger partial charge in [0.15, 0.2) is 5.82 Å². The fraction of sp³-hybridized carbons (Fsp3) is 0.500. The number of nitrogens with zero attached hydrogens (tertiary/aromatic N) is 4. The lowest BCUT2D eigenvalue weighted by atomic mass is 10.3. The Balaban J connectivity index is 1.61. The molecule has 0 saturated carbocycles. The highest BCUT2D eigenvalue weighted by Crippen LogP contribution is 2.28. The summed E-state index contributed by atoms with van der Waals surface area (Å²) in [5.41, 5.74) is 0. The summed E-state index contributed by atoms with van der Waals surface area (Å²) < 4.78 is 32.2. The third-order valence-electron chi connectivity index (χ3n) is 3.41. The number of aryl methyl sites for hydroxylation is 1. The van der Waals surface area contributed by atoms with Gasteiger partial charge in [-0.05, 0) is 12.1 Å². The Labute approximate surface area is 137 Å². The normalized spacial score (nSPS) is 17.9. The molecule has 0 spiro atoms. The monoisotopic (exact) mass is 362 g/mol. The van der Waals surface area contributed by atoms with Crippen LogP contribution in [0.1, 0.15) is 11.7 Å². The van der Waals surface area contributed by atoms with Crippen LogP contribution in [0.5, 0.6) is 0 Å². The molecule has 0 amide bonds. The van der Waals surface area contributed by atoms with Crippen LogP contribution in [0.15, 0.2) is 20.9 Å². The van der Waals surface area contributed by atoms with E-state index in [1.54, 1.807) is 19.1 Å². The zero-order valence-corrected chi connectivity index (χ0v) is 14.3. The lowest BCUT2D eigenvalue weighted by molar-refractivity contribution is 0.176. The maximum absolute atomic E-state index is 12.5. The van der Waals surface area contributed by atoms with Gasteiger partial charge in [-0.1, -0.05) is 16.8 Å². The van der Waals surface area contributed by atoms with Crippen molar-refractivity contribution in [3.05, 3.63) is 28.2 Å². The Morgan fingerprint density at radius 3 is 2.59 bits per heavy atom. The van der Waals surface area contributed by atoms with Gasteiger partial charge < -0.3 is 4.52 Å². The van der Waals surface area contributed by atoms with Crippen molar-refractivity contribution in [2.45, 2.75) is 17.7 Å². The van der Waals surface area contributed by atoms with E-state index in [1.807, 2.05) is 0 Å². The summed E-state index contributed by atoms with van der Waals surface area (Å²) in [5.74, 6) is 1.16. The van der Waals surface area contributed by atoms with Gasteiger partial charge in [0.25, 0.3) is 10.0 Å². The number of halogens is 1. The Kier molecular flexibility index (Phi) is 4.51. The fourth-order valence-corrected chi connectivity index (χ4v) is 5.36. The number of rotatable bonds is 4. The van der Waals surface area contributed by atoms with Crippen LogP contribution in [0, 0.1) is 6.92 Å². The summed E-state index contributed by atoms with van der Waals surface area (Å²) in [7, 11) is -3.44. The molecule has 22 heavy (non-hydrogen) atoms. The quantitative estimate of drug-likeness (QED) is 0.821. The zero-order valence-electron chi connectivity index (χ0n) is 11.9. The van der Waals surface area contributed by atoms with Crippen molar-refractivity contribution >= 4 is 33.0 Å². The molecule has 7 nitrogen and oxygen atoms in total. The molecule has 2 aromatic heterocycles. The van der Waals surface area contributed by atoms with Crippen molar-refractivity contribution in [2.24, 2.45) is 0 Å². The molecule has 0 radical (unpaired) electrons. The topological polar surface area (TPSA) is 79.5 Å². The van der Waals surface area contributed by atoms with Gasteiger partial charge in [-0.3, -0.25) is 4.90 Å². The molecule has 0 bridgehead atoms. The van der Waals surface area contributed by atoms with Crippen LogP contribution < -0.4 is 0 Å². The van der Waals surface area contributed by atoms with Gasteiger partial charge in [0.05, 0.1) is 10.9 Å². The molecule has 0 N–H and O–H groups in total. The Bertz CT molecular complexity index is 750. The van der Waals surface area contributed by atoms with E-state index >= 15 is 0 Å². The molecular weight excluding hydrogens is 348 g/mol. The number of hydrogen-bond acceptors (Lipinski definition) is 7. The summed E-state index contributed by atoms with van der Waals surface area (Å²) in [6.07, 6.45) is 0. The SMILES string of the molecule is Cc1nc(CN2CCN(S(=O)(=O)c3ccc(Cl)s3)CC2)no1. The van der Waals surface area contributed by atoms with Gasteiger partial charge in [0, 0.05) is 33.1 Å². The molecule has 10 heteroatoms. The molecule has 1 saturated heterocycles. The van der Waals surface area contributed by atoms with E-state index in [4.69, 9.17) is 16.1 Å². The van der Waals surface area contributed by atoms with Gasteiger partial charge in [-0.15, -0.1) is 11.3 Å². The van der Waals surface area contributed by atoms with Crippen LogP contribution in [0.2, 0.25) is 4.34 Å². The second-order valence-electron chi connectivity index (χ2n) is 4.97. The number of hydrogen-bond donors (Lipinski definition) is 0. The van der Waals surface area contributed by atoms with E-state index in [0.29, 0.717) is 53.0 Å². The van der Waals surface area contributed by atoms with E-state index < -0.39 is 10.0 Å². The highest BCUT2D eigenvalue weighted by molar-refractivity contribution is 7.91. The molecule has 1 fully saturated rings. The van der Waals surface area contributed by atoms with E-state index in [9.17, 15) is 8.42 Å². The number of thiophene rings is 1. The predicted molar refractivity (Wildman–Crippen MR) is 82.4 cm³/mol. The average molecular weight is 363 g/mol. The van der Waals surface area contributed by atoms with Crippen molar-refractivity contribution < 1.29 is 12.9 Å². The first-order chi connectivity index (χ1) is 10.4. The van der Waals surface area contributed by atoms with Crippen LogP contribution in [0.4, 0.5) is 0 Å². The molecule has 0 aromatic carbocycles. The second kappa shape index (κ2) is 6.25. The molecule has 120 valence electrons. The molecule has 0 atom stereocenters. The molecule has 2 aromatic rings. The van der Waals surface area contributed by atoms with Gasteiger partial charge in [0.1, 0.15) is 4.21 Å². The van der Waals surface area contributed by atoms with E-state index in [1.165, 1.54) is 4.31 Å². The smallest absolute Gasteiger partial charge is 0.252 e. The first-order valence-corrected chi connectivity index (χ1v) is 9.35. The van der Waals surface area contributed by atoms with Gasteiger partial charge >= 0.3 is 0 Å². The third kappa shape index (κ3) is 3.33. The van der Waals surface area contributed by atoms with Crippen molar-refractivity contribution in [1.82, 2.24) is 19.3 Å². The predicted octanol–water partition coefficient (Wildman–Crippen LogP) is 1.60. The molecule has 3 heterocycles. The zero-order chi connectivity index (χ0) is 15.7. The van der Waals surface area contributed by atoms with Crippen molar-refractivity contribution in [1.29, 1.82) is 0 Å². The summed E-state index contributed by atoms with van der Waals surface area (Å²) in [6, 6.07) is 3.16. The maximum atomic E-state index is 12.5. The minimum atomic E-state index is -3.44. The third-order valence-corrected chi connectivity index (χ3v) is 7.01. The maximum Gasteiger partial charge on any atom is 0.252 e. The largest absolute Gasteiger partial charge is 0.340 e. The second-order valence-corrected chi connectivity index (χ2v) is 8.85. The van der Waals surface area contributed by atoms with Crippen LogP contribution in [0.25, 0.3) is 0 Å². The summed E-state index contributed by atoms with van der Waals surface area (Å²) in [4.78, 5) is 6.27. The van der Waals surface area contributed by atoms with E-state index in [0.717, 1.165) is 11.3 Å². The average Bonchev–Trinajstić information content (AvgIpc) is 3.09. The lowest BCUT2D eigenvalue weighted by Crippen LogP contribution is -2.48. The van der Waals surface area contributed by atoms with Crippen LogP contribution in [-0.4, -0.2) is 53.9 Å². The highest BCUT2D eigenvalue weighted by Gasteiger charge is 2.30. The molecule has 3 rings (SSSR count).